The third-order valence-corrected chi connectivity index (χ3v) is 6.02. The van der Waals surface area contributed by atoms with E-state index in [0.29, 0.717) is 47.2 Å². The first-order valence-electron chi connectivity index (χ1n) is 11.9. The van der Waals surface area contributed by atoms with Gasteiger partial charge in [-0.25, -0.2) is 19.4 Å². The van der Waals surface area contributed by atoms with Crippen LogP contribution in [0.3, 0.4) is 0 Å². The highest BCUT2D eigenvalue weighted by Gasteiger charge is 2.25. The Labute approximate surface area is 215 Å². The zero-order valence-corrected chi connectivity index (χ0v) is 21.2. The molecule has 0 spiro atoms. The minimum Gasteiger partial charge on any atom is -0.382 e. The quantitative estimate of drug-likeness (QED) is 0.312. The van der Waals surface area contributed by atoms with E-state index in [2.05, 4.69) is 32.2 Å². The molecular weight excluding hydrogens is 471 g/mol. The first kappa shape index (κ1) is 25.6. The van der Waals surface area contributed by atoms with Gasteiger partial charge in [-0.1, -0.05) is 18.7 Å². The van der Waals surface area contributed by atoms with Gasteiger partial charge in [0.1, 0.15) is 11.9 Å². The Morgan fingerprint density at radius 3 is 2.81 bits per heavy atom. The number of aliphatic imine (C=N–C) groups is 1. The number of hydrogen-bond donors (Lipinski definition) is 3. The van der Waals surface area contributed by atoms with Gasteiger partial charge in [0.2, 0.25) is 5.95 Å². The van der Waals surface area contributed by atoms with Crippen molar-refractivity contribution >= 4 is 40.4 Å². The molecule has 0 bridgehead atoms. The normalized spacial score (nSPS) is 15.4. The van der Waals surface area contributed by atoms with Gasteiger partial charge in [-0.05, 0) is 55.4 Å². The maximum Gasteiger partial charge on any atom is 0.255 e. The molecule has 1 aliphatic rings. The number of amidine groups is 1. The lowest BCUT2D eigenvalue weighted by molar-refractivity contribution is 0.102. The molecular formula is C27H31FN8O. The molecule has 192 valence electrons. The minimum atomic E-state index is -0.911. The van der Waals surface area contributed by atoms with Gasteiger partial charge in [0.15, 0.2) is 5.84 Å². The van der Waals surface area contributed by atoms with Crippen LogP contribution in [0.2, 0.25) is 0 Å². The molecule has 1 atom stereocenters. The number of nitrogens with zero attached hydrogens (tertiary/aromatic N) is 5. The molecule has 1 saturated heterocycles. The maximum absolute atomic E-state index is 13.7. The van der Waals surface area contributed by atoms with Gasteiger partial charge in [-0.3, -0.25) is 4.79 Å². The lowest BCUT2D eigenvalue weighted by atomic mass is 10.1. The summed E-state index contributed by atoms with van der Waals surface area (Å²) in [6.07, 6.45) is 2.59. The molecule has 2 aromatic carbocycles. The van der Waals surface area contributed by atoms with Crippen LogP contribution in [0.25, 0.3) is 0 Å². The number of nitrogens with two attached hydrogens (primary N) is 1. The van der Waals surface area contributed by atoms with E-state index in [0.717, 1.165) is 11.3 Å². The first-order chi connectivity index (χ1) is 17.7. The molecule has 2 heterocycles. The molecule has 4 N–H and O–H groups in total. The summed E-state index contributed by atoms with van der Waals surface area (Å²) in [5, 5.41) is 5.90. The predicted octanol–water partition coefficient (Wildman–Crippen LogP) is 4.24. The van der Waals surface area contributed by atoms with E-state index in [4.69, 9.17) is 5.73 Å². The number of nitrogens with one attached hydrogen (secondary N) is 2. The summed E-state index contributed by atoms with van der Waals surface area (Å²) in [5.74, 6) is 0.245. The fourth-order valence-corrected chi connectivity index (χ4v) is 3.95. The largest absolute Gasteiger partial charge is 0.382 e. The highest BCUT2D eigenvalue weighted by atomic mass is 19.1. The Balaban J connectivity index is 1.63. The summed E-state index contributed by atoms with van der Waals surface area (Å²) in [6.45, 7) is 6.34. The number of hydrogen-bond acceptors (Lipinski definition) is 7. The van der Waals surface area contributed by atoms with Crippen LogP contribution in [0.4, 0.5) is 33.1 Å². The van der Waals surface area contributed by atoms with Crippen molar-refractivity contribution in [2.45, 2.75) is 19.5 Å². The second-order valence-corrected chi connectivity index (χ2v) is 9.01. The topological polar surface area (TPSA) is 112 Å². The first-order valence-corrected chi connectivity index (χ1v) is 11.9. The number of aromatic nitrogens is 2. The van der Waals surface area contributed by atoms with E-state index in [1.165, 1.54) is 6.20 Å². The van der Waals surface area contributed by atoms with Gasteiger partial charge in [0.05, 0.1) is 24.1 Å². The molecule has 3 aromatic rings. The second kappa shape index (κ2) is 11.1. The number of amides is 1. The standard InChI is InChI=1S/C27H31FN8O/c1-5-30-23-15-31-27(36-12-11-19(28)16-36)34-24(23)25(29)33-22-13-18(10-9-17(22)2)26(37)32-20-7-6-8-21(14-20)35(3)4/h5-10,13-15,19,30H,1,11-12,16H2,2-4H3,(H2,29,33)(H,32,37)/t19-/m1/s1. The number of anilines is 4. The van der Waals surface area contributed by atoms with Crippen molar-refractivity contribution in [1.82, 2.24) is 9.97 Å². The molecule has 9 nitrogen and oxygen atoms in total. The lowest BCUT2D eigenvalue weighted by Gasteiger charge is -2.17. The second-order valence-electron chi connectivity index (χ2n) is 9.01. The van der Waals surface area contributed by atoms with Crippen LogP contribution in [0, 0.1) is 6.92 Å². The van der Waals surface area contributed by atoms with Crippen LogP contribution >= 0.6 is 0 Å². The van der Waals surface area contributed by atoms with Crippen LogP contribution in [0.1, 0.15) is 28.0 Å². The molecule has 4 rings (SSSR count). The predicted molar refractivity (Wildman–Crippen MR) is 148 cm³/mol. The van der Waals surface area contributed by atoms with Crippen LogP contribution in [-0.2, 0) is 0 Å². The summed E-state index contributed by atoms with van der Waals surface area (Å²) in [7, 11) is 3.88. The molecule has 0 saturated carbocycles. The minimum absolute atomic E-state index is 0.128. The summed E-state index contributed by atoms with van der Waals surface area (Å²) in [5.41, 5.74) is 10.7. The van der Waals surface area contributed by atoms with Gasteiger partial charge in [0.25, 0.3) is 5.91 Å². The smallest absolute Gasteiger partial charge is 0.255 e. The molecule has 1 amide bonds. The van der Waals surface area contributed by atoms with Crippen molar-refractivity contribution in [3.63, 3.8) is 0 Å². The molecule has 37 heavy (non-hydrogen) atoms. The van der Waals surface area contributed by atoms with Gasteiger partial charge in [0, 0.05) is 37.6 Å². The molecule has 0 aliphatic carbocycles. The molecule has 0 radical (unpaired) electrons. The van der Waals surface area contributed by atoms with E-state index in [-0.39, 0.29) is 18.3 Å². The van der Waals surface area contributed by atoms with Crippen LogP contribution in [0.15, 0.2) is 66.4 Å². The summed E-state index contributed by atoms with van der Waals surface area (Å²) >= 11 is 0. The monoisotopic (exact) mass is 502 g/mol. The van der Waals surface area contributed by atoms with Crippen molar-refractivity contribution in [2.24, 2.45) is 10.7 Å². The zero-order valence-electron chi connectivity index (χ0n) is 21.2. The number of benzene rings is 2. The molecule has 0 unspecified atom stereocenters. The van der Waals surface area contributed by atoms with Crippen molar-refractivity contribution in [3.8, 4) is 0 Å². The zero-order chi connectivity index (χ0) is 26.5. The third kappa shape index (κ3) is 6.03. The Kier molecular flexibility index (Phi) is 7.66. The van der Waals surface area contributed by atoms with Gasteiger partial charge >= 0.3 is 0 Å². The van der Waals surface area contributed by atoms with Crippen molar-refractivity contribution in [1.29, 1.82) is 0 Å². The Bertz CT molecular complexity index is 1340. The van der Waals surface area contributed by atoms with E-state index >= 15 is 0 Å². The van der Waals surface area contributed by atoms with Crippen molar-refractivity contribution in [2.75, 3.05) is 47.6 Å². The molecule has 1 aromatic heterocycles. The van der Waals surface area contributed by atoms with E-state index in [1.807, 2.05) is 56.3 Å². The number of halogens is 1. The van der Waals surface area contributed by atoms with E-state index < -0.39 is 6.17 Å². The highest BCUT2D eigenvalue weighted by molar-refractivity contribution is 6.06. The van der Waals surface area contributed by atoms with Gasteiger partial charge in [-0.15, -0.1) is 0 Å². The van der Waals surface area contributed by atoms with Crippen LogP contribution < -0.4 is 26.2 Å². The number of carbonyl (C=O) groups is 1. The molecule has 1 fully saturated rings. The third-order valence-electron chi connectivity index (χ3n) is 6.02. The van der Waals surface area contributed by atoms with Crippen molar-refractivity contribution < 1.29 is 9.18 Å². The van der Waals surface area contributed by atoms with Gasteiger partial charge < -0.3 is 26.2 Å². The number of aryl methyl sites for hydroxylation is 1. The summed E-state index contributed by atoms with van der Waals surface area (Å²) < 4.78 is 13.7. The van der Waals surface area contributed by atoms with E-state index in [1.54, 1.807) is 23.2 Å². The average Bonchev–Trinajstić information content (AvgIpc) is 3.32. The number of carbonyl (C=O) groups excluding carboxylic acids is 1. The fraction of sp³-hybridized carbons (Fsp3) is 0.259. The van der Waals surface area contributed by atoms with Gasteiger partial charge in [-0.2, -0.15) is 0 Å². The Morgan fingerprint density at radius 1 is 1.30 bits per heavy atom. The Hall–Kier alpha value is -4.47. The SMILES string of the molecule is C=CNc1cnc(N2CC[C@@H](F)C2)nc1C(N)=Nc1cc(C(=O)Nc2cccc(N(C)C)c2)ccc1C. The van der Waals surface area contributed by atoms with E-state index in [9.17, 15) is 9.18 Å². The van der Waals surface area contributed by atoms with Crippen LogP contribution in [-0.4, -0.2) is 55.1 Å². The summed E-state index contributed by atoms with van der Waals surface area (Å²) in [4.78, 5) is 30.2. The van der Waals surface area contributed by atoms with Crippen molar-refractivity contribution in [3.05, 3.63) is 78.3 Å². The number of alkyl halides is 1. The van der Waals surface area contributed by atoms with Crippen LogP contribution in [0.5, 0.6) is 0 Å². The lowest BCUT2D eigenvalue weighted by Crippen LogP contribution is -2.25. The molecule has 10 heteroatoms. The summed E-state index contributed by atoms with van der Waals surface area (Å²) in [6, 6.07) is 12.8. The maximum atomic E-state index is 13.7. The average molecular weight is 503 g/mol. The fourth-order valence-electron chi connectivity index (χ4n) is 3.95. The Morgan fingerprint density at radius 2 is 2.11 bits per heavy atom. The highest BCUT2D eigenvalue weighted by Crippen LogP contribution is 2.25. The molecule has 1 aliphatic heterocycles. The number of rotatable bonds is 8.